The Hall–Kier alpha value is -2.53. The number of nitrogens with zero attached hydrogens (tertiary/aromatic N) is 1. The molecule has 2 aromatic rings. The van der Waals surface area contributed by atoms with Crippen molar-refractivity contribution in [2.75, 3.05) is 6.61 Å². The van der Waals surface area contributed by atoms with Crippen LogP contribution in [0.1, 0.15) is 31.9 Å². The van der Waals surface area contributed by atoms with Gasteiger partial charge in [0, 0.05) is 5.02 Å². The van der Waals surface area contributed by atoms with E-state index in [1.807, 2.05) is 30.3 Å². The van der Waals surface area contributed by atoms with Crippen molar-refractivity contribution < 1.29 is 14.3 Å². The van der Waals surface area contributed by atoms with Crippen LogP contribution < -0.4 is 14.9 Å². The lowest BCUT2D eigenvalue weighted by Crippen LogP contribution is -2.42. The average molecular weight is 373 g/mol. The Morgan fingerprint density at radius 2 is 2.04 bits per heavy atom. The largest absolute Gasteiger partial charge is 0.485 e. The average Bonchev–Trinajstić information content (AvgIpc) is 2.60. The molecule has 0 aromatic heterocycles. The fourth-order valence-electron chi connectivity index (χ4n) is 2.50. The van der Waals surface area contributed by atoms with Crippen LogP contribution in [0.5, 0.6) is 11.5 Å². The van der Waals surface area contributed by atoms with E-state index in [1.165, 1.54) is 6.21 Å². The second kappa shape index (κ2) is 7.38. The Balaban J connectivity index is 1.65. The third-order valence-electron chi connectivity index (χ3n) is 4.00. The van der Waals surface area contributed by atoms with E-state index in [2.05, 4.69) is 31.3 Å². The first kappa shape index (κ1) is 18.3. The number of carbonyl (C=O) groups excluding carboxylic acids is 1. The standard InChI is InChI=1S/C20H21ClN2O3/c1-20(2,3)14-7-8-16-17(10-14)26-18(12-25-16)19(24)23-22-11-13-5-4-6-15(21)9-13/h4-11,18H,12H2,1-3H3,(H,23,24)/b22-11+/t18-/m0/s1. The number of fused-ring (bicyclic) bond motifs is 1. The SMILES string of the molecule is CC(C)(C)c1ccc2c(c1)O[C@H](C(=O)N/N=C/c1cccc(Cl)c1)CO2. The summed E-state index contributed by atoms with van der Waals surface area (Å²) in [4.78, 5) is 12.3. The monoisotopic (exact) mass is 372 g/mol. The summed E-state index contributed by atoms with van der Waals surface area (Å²) in [5.41, 5.74) is 4.36. The van der Waals surface area contributed by atoms with Crippen molar-refractivity contribution in [2.24, 2.45) is 5.10 Å². The highest BCUT2D eigenvalue weighted by Gasteiger charge is 2.28. The van der Waals surface area contributed by atoms with Crippen molar-refractivity contribution in [3.8, 4) is 11.5 Å². The van der Waals surface area contributed by atoms with E-state index < -0.39 is 6.10 Å². The van der Waals surface area contributed by atoms with Crippen molar-refractivity contribution in [3.63, 3.8) is 0 Å². The zero-order valence-electron chi connectivity index (χ0n) is 15.0. The Kier molecular flexibility index (Phi) is 5.18. The minimum absolute atomic E-state index is 0.0190. The molecule has 6 heteroatoms. The molecule has 0 saturated carbocycles. The molecule has 0 spiro atoms. The van der Waals surface area contributed by atoms with Crippen LogP contribution in [0.25, 0.3) is 0 Å². The molecule has 1 heterocycles. The Morgan fingerprint density at radius 1 is 1.23 bits per heavy atom. The number of hydrogen-bond donors (Lipinski definition) is 1. The molecule has 0 aliphatic carbocycles. The summed E-state index contributed by atoms with van der Waals surface area (Å²) in [6.07, 6.45) is 0.772. The number of amides is 1. The lowest BCUT2D eigenvalue weighted by molar-refractivity contribution is -0.130. The molecule has 5 nitrogen and oxygen atoms in total. The number of nitrogens with one attached hydrogen (secondary N) is 1. The van der Waals surface area contributed by atoms with Crippen molar-refractivity contribution >= 4 is 23.7 Å². The number of rotatable bonds is 3. The molecular formula is C20H21ClN2O3. The van der Waals surface area contributed by atoms with Gasteiger partial charge in [-0.25, -0.2) is 5.43 Å². The summed E-state index contributed by atoms with van der Waals surface area (Å²) < 4.78 is 11.5. The van der Waals surface area contributed by atoms with Gasteiger partial charge in [0.1, 0.15) is 6.61 Å². The molecule has 0 unspecified atom stereocenters. The number of halogens is 1. The lowest BCUT2D eigenvalue weighted by atomic mass is 9.87. The van der Waals surface area contributed by atoms with E-state index >= 15 is 0 Å². The third kappa shape index (κ3) is 4.35. The molecule has 1 aliphatic heterocycles. The van der Waals surface area contributed by atoms with Crippen LogP contribution in [-0.4, -0.2) is 24.8 Å². The van der Waals surface area contributed by atoms with Crippen molar-refractivity contribution in [2.45, 2.75) is 32.3 Å². The molecule has 0 bridgehead atoms. The molecule has 3 rings (SSSR count). The molecule has 1 aliphatic rings. The van der Waals surface area contributed by atoms with Crippen LogP contribution in [-0.2, 0) is 10.2 Å². The predicted octanol–water partition coefficient (Wildman–Crippen LogP) is 3.93. The lowest BCUT2D eigenvalue weighted by Gasteiger charge is -2.27. The number of ether oxygens (including phenoxy) is 2. The van der Waals surface area contributed by atoms with Crippen LogP contribution in [0.15, 0.2) is 47.6 Å². The zero-order chi connectivity index (χ0) is 18.7. The normalized spacial score (nSPS) is 16.5. The molecule has 136 valence electrons. The first-order valence-corrected chi connectivity index (χ1v) is 8.73. The van der Waals surface area contributed by atoms with Gasteiger partial charge in [-0.05, 0) is 40.8 Å². The van der Waals surface area contributed by atoms with E-state index in [0.29, 0.717) is 16.5 Å². The summed E-state index contributed by atoms with van der Waals surface area (Å²) in [7, 11) is 0. The molecule has 1 atom stereocenters. The van der Waals surface area contributed by atoms with Gasteiger partial charge in [0.2, 0.25) is 6.10 Å². The summed E-state index contributed by atoms with van der Waals surface area (Å²) in [6.45, 7) is 6.49. The fraction of sp³-hybridized carbons (Fsp3) is 0.300. The van der Waals surface area contributed by atoms with Gasteiger partial charge in [0.25, 0.3) is 5.91 Å². The highest BCUT2D eigenvalue weighted by molar-refractivity contribution is 6.30. The number of carbonyl (C=O) groups is 1. The molecule has 0 radical (unpaired) electrons. The summed E-state index contributed by atoms with van der Waals surface area (Å²) in [5, 5.41) is 4.56. The van der Waals surface area contributed by atoms with Gasteiger partial charge >= 0.3 is 0 Å². The van der Waals surface area contributed by atoms with E-state index in [-0.39, 0.29) is 17.9 Å². The highest BCUT2D eigenvalue weighted by Crippen LogP contribution is 2.36. The van der Waals surface area contributed by atoms with Gasteiger partial charge in [-0.2, -0.15) is 5.10 Å². The third-order valence-corrected chi connectivity index (χ3v) is 4.23. The smallest absolute Gasteiger partial charge is 0.284 e. The molecule has 0 saturated heterocycles. The van der Waals surface area contributed by atoms with E-state index in [9.17, 15) is 4.79 Å². The molecular weight excluding hydrogens is 352 g/mol. The van der Waals surface area contributed by atoms with Crippen molar-refractivity contribution in [3.05, 3.63) is 58.6 Å². The summed E-state index contributed by atoms with van der Waals surface area (Å²) >= 11 is 5.92. The Morgan fingerprint density at radius 3 is 2.77 bits per heavy atom. The number of hydrazone groups is 1. The highest BCUT2D eigenvalue weighted by atomic mass is 35.5. The summed E-state index contributed by atoms with van der Waals surface area (Å²) in [6, 6.07) is 13.0. The minimum atomic E-state index is -0.755. The Bertz CT molecular complexity index is 843. The fourth-order valence-corrected chi connectivity index (χ4v) is 2.70. The first-order chi connectivity index (χ1) is 12.3. The van der Waals surface area contributed by atoms with Crippen molar-refractivity contribution in [1.29, 1.82) is 0 Å². The van der Waals surface area contributed by atoms with Gasteiger partial charge in [-0.15, -0.1) is 0 Å². The van der Waals surface area contributed by atoms with Gasteiger partial charge < -0.3 is 9.47 Å². The van der Waals surface area contributed by atoms with Crippen LogP contribution in [0.4, 0.5) is 0 Å². The topological polar surface area (TPSA) is 59.9 Å². The van der Waals surface area contributed by atoms with Crippen LogP contribution in [0.3, 0.4) is 0 Å². The zero-order valence-corrected chi connectivity index (χ0v) is 15.7. The molecule has 1 N–H and O–H groups in total. The second-order valence-corrected chi connectivity index (χ2v) is 7.55. The Labute approximate surface area is 158 Å². The van der Waals surface area contributed by atoms with Crippen LogP contribution >= 0.6 is 11.6 Å². The molecule has 26 heavy (non-hydrogen) atoms. The van der Waals surface area contributed by atoms with E-state index in [4.69, 9.17) is 21.1 Å². The quantitative estimate of drug-likeness (QED) is 0.656. The maximum absolute atomic E-state index is 12.3. The molecule has 0 fully saturated rings. The van der Waals surface area contributed by atoms with Gasteiger partial charge in [0.15, 0.2) is 11.5 Å². The van der Waals surface area contributed by atoms with Crippen molar-refractivity contribution in [1.82, 2.24) is 5.43 Å². The van der Waals surface area contributed by atoms with Gasteiger partial charge in [-0.3, -0.25) is 4.79 Å². The minimum Gasteiger partial charge on any atom is -0.485 e. The van der Waals surface area contributed by atoms with Gasteiger partial charge in [0.05, 0.1) is 6.21 Å². The first-order valence-electron chi connectivity index (χ1n) is 8.35. The number of hydrogen-bond acceptors (Lipinski definition) is 4. The van der Waals surface area contributed by atoms with Crippen LogP contribution in [0, 0.1) is 0 Å². The summed E-state index contributed by atoms with van der Waals surface area (Å²) in [5.74, 6) is 0.849. The van der Waals surface area contributed by atoms with E-state index in [0.717, 1.165) is 11.1 Å². The molecule has 2 aromatic carbocycles. The van der Waals surface area contributed by atoms with Crippen LogP contribution in [0.2, 0.25) is 5.02 Å². The number of benzene rings is 2. The maximum atomic E-state index is 12.3. The molecule has 1 amide bonds. The predicted molar refractivity (Wildman–Crippen MR) is 102 cm³/mol. The van der Waals surface area contributed by atoms with Gasteiger partial charge in [-0.1, -0.05) is 50.6 Å². The second-order valence-electron chi connectivity index (χ2n) is 7.12. The van der Waals surface area contributed by atoms with E-state index in [1.54, 1.807) is 12.1 Å². The maximum Gasteiger partial charge on any atom is 0.284 e.